The lowest BCUT2D eigenvalue weighted by Crippen LogP contribution is -2.48. The van der Waals surface area contributed by atoms with Crippen molar-refractivity contribution in [2.75, 3.05) is 24.6 Å². The predicted octanol–water partition coefficient (Wildman–Crippen LogP) is 4.52. The highest BCUT2D eigenvalue weighted by Crippen LogP contribution is 2.40. The SMILES string of the molecule is Cc1ccc2c3c(ccc2n1)OC[C@H](CN1c2c(F)cc(F)cc2CCC1CCCN)O3. The van der Waals surface area contributed by atoms with Gasteiger partial charge in [-0.15, -0.1) is 0 Å². The third-order valence-electron chi connectivity index (χ3n) is 6.36. The van der Waals surface area contributed by atoms with Crippen molar-refractivity contribution in [2.45, 2.75) is 44.8 Å². The Morgan fingerprint density at radius 3 is 2.91 bits per heavy atom. The molecule has 3 heterocycles. The number of benzene rings is 2. The van der Waals surface area contributed by atoms with Gasteiger partial charge < -0.3 is 20.1 Å². The number of rotatable bonds is 5. The van der Waals surface area contributed by atoms with Crippen LogP contribution in [0.5, 0.6) is 11.5 Å². The number of nitrogens with two attached hydrogens (primary N) is 1. The number of ether oxygens (including phenoxy) is 2. The number of halogens is 2. The van der Waals surface area contributed by atoms with Crippen LogP contribution >= 0.6 is 0 Å². The van der Waals surface area contributed by atoms with Gasteiger partial charge in [0, 0.05) is 23.2 Å². The predicted molar refractivity (Wildman–Crippen MR) is 120 cm³/mol. The monoisotopic (exact) mass is 439 g/mol. The van der Waals surface area contributed by atoms with Crippen molar-refractivity contribution in [3.63, 3.8) is 0 Å². The average Bonchev–Trinajstić information content (AvgIpc) is 2.77. The minimum absolute atomic E-state index is 0.118. The molecule has 0 spiro atoms. The molecule has 1 unspecified atom stereocenters. The summed E-state index contributed by atoms with van der Waals surface area (Å²) in [7, 11) is 0. The molecule has 2 atom stereocenters. The lowest BCUT2D eigenvalue weighted by molar-refractivity contribution is 0.0950. The lowest BCUT2D eigenvalue weighted by Gasteiger charge is -2.41. The number of nitrogens with zero attached hydrogens (tertiary/aromatic N) is 2. The molecule has 7 heteroatoms. The van der Waals surface area contributed by atoms with Gasteiger partial charge in [-0.2, -0.15) is 0 Å². The fraction of sp³-hybridized carbons (Fsp3) is 0.400. The van der Waals surface area contributed by atoms with E-state index in [4.69, 9.17) is 15.2 Å². The molecule has 5 rings (SSSR count). The molecule has 0 fully saturated rings. The largest absolute Gasteiger partial charge is 0.486 e. The molecule has 1 aromatic heterocycles. The second kappa shape index (κ2) is 8.54. The summed E-state index contributed by atoms with van der Waals surface area (Å²) in [5, 5.41) is 0.893. The first-order valence-electron chi connectivity index (χ1n) is 11.2. The van der Waals surface area contributed by atoms with Crippen LogP contribution in [0.1, 0.15) is 30.5 Å². The first kappa shape index (κ1) is 20.9. The Kier molecular flexibility index (Phi) is 5.59. The molecular weight excluding hydrogens is 412 g/mol. The van der Waals surface area contributed by atoms with Crippen LogP contribution in [0.15, 0.2) is 36.4 Å². The van der Waals surface area contributed by atoms with Gasteiger partial charge >= 0.3 is 0 Å². The maximum absolute atomic E-state index is 14.9. The highest BCUT2D eigenvalue weighted by Gasteiger charge is 2.33. The number of anilines is 1. The summed E-state index contributed by atoms with van der Waals surface area (Å²) in [6.07, 6.45) is 2.87. The molecule has 0 bridgehead atoms. The summed E-state index contributed by atoms with van der Waals surface area (Å²) in [5.41, 5.74) is 8.70. The third-order valence-corrected chi connectivity index (χ3v) is 6.36. The smallest absolute Gasteiger partial charge is 0.171 e. The molecule has 168 valence electrons. The summed E-state index contributed by atoms with van der Waals surface area (Å²) in [5.74, 6) is 0.287. The lowest BCUT2D eigenvalue weighted by atomic mass is 9.92. The molecule has 0 saturated carbocycles. The Hall–Kier alpha value is -2.93. The van der Waals surface area contributed by atoms with Gasteiger partial charge in [0.05, 0.1) is 17.7 Å². The van der Waals surface area contributed by atoms with Gasteiger partial charge in [0.2, 0.25) is 0 Å². The zero-order valence-electron chi connectivity index (χ0n) is 18.1. The first-order chi connectivity index (χ1) is 15.5. The van der Waals surface area contributed by atoms with Crippen molar-refractivity contribution in [1.29, 1.82) is 0 Å². The van der Waals surface area contributed by atoms with Crippen molar-refractivity contribution in [3.8, 4) is 11.5 Å². The summed E-state index contributed by atoms with van der Waals surface area (Å²) >= 11 is 0. The van der Waals surface area contributed by atoms with Gasteiger partial charge in [-0.25, -0.2) is 8.78 Å². The quantitative estimate of drug-likeness (QED) is 0.633. The van der Waals surface area contributed by atoms with E-state index in [1.807, 2.05) is 36.1 Å². The average molecular weight is 440 g/mol. The highest BCUT2D eigenvalue weighted by molar-refractivity contribution is 5.88. The Bertz CT molecular complexity index is 1150. The van der Waals surface area contributed by atoms with Crippen LogP contribution in [0.2, 0.25) is 0 Å². The minimum atomic E-state index is -0.540. The minimum Gasteiger partial charge on any atom is -0.486 e. The fourth-order valence-corrected chi connectivity index (χ4v) is 4.87. The standard InChI is InChI=1S/C25H27F2N3O2/c1-15-4-7-20-22(29-15)8-9-23-25(20)32-19(14-31-23)13-30-18(3-2-10-28)6-5-16-11-17(26)12-21(27)24(16)30/h4,7-9,11-12,18-19H,2-3,5-6,10,13-14,28H2,1H3/t18?,19-/m0/s1. The summed E-state index contributed by atoms with van der Waals surface area (Å²) < 4.78 is 41.2. The van der Waals surface area contributed by atoms with Gasteiger partial charge in [0.15, 0.2) is 17.6 Å². The molecule has 2 aromatic carbocycles. The Labute approximate surface area is 186 Å². The Morgan fingerprint density at radius 1 is 1.19 bits per heavy atom. The van der Waals surface area contributed by atoms with Gasteiger partial charge in [-0.05, 0) is 75.0 Å². The van der Waals surface area contributed by atoms with Crippen LogP contribution < -0.4 is 20.1 Å². The van der Waals surface area contributed by atoms with E-state index in [1.54, 1.807) is 0 Å². The van der Waals surface area contributed by atoms with Crippen LogP contribution in [0, 0.1) is 18.6 Å². The molecule has 32 heavy (non-hydrogen) atoms. The van der Waals surface area contributed by atoms with Crippen molar-refractivity contribution in [1.82, 2.24) is 4.98 Å². The maximum Gasteiger partial charge on any atom is 0.171 e. The van der Waals surface area contributed by atoms with Crippen LogP contribution in [-0.4, -0.2) is 36.8 Å². The number of fused-ring (bicyclic) bond motifs is 4. The Morgan fingerprint density at radius 2 is 2.06 bits per heavy atom. The normalized spacial score (nSPS) is 19.8. The van der Waals surface area contributed by atoms with E-state index in [1.165, 1.54) is 6.07 Å². The fourth-order valence-electron chi connectivity index (χ4n) is 4.87. The topological polar surface area (TPSA) is 60.6 Å². The van der Waals surface area contributed by atoms with Crippen molar-refractivity contribution in [3.05, 3.63) is 59.3 Å². The van der Waals surface area contributed by atoms with Gasteiger partial charge in [0.25, 0.3) is 0 Å². The summed E-state index contributed by atoms with van der Waals surface area (Å²) in [6, 6.07) is 10.3. The molecule has 2 aliphatic heterocycles. The number of aromatic nitrogens is 1. The Balaban J connectivity index is 1.46. The van der Waals surface area contributed by atoms with E-state index < -0.39 is 11.6 Å². The molecule has 0 radical (unpaired) electrons. The molecular formula is C25H27F2N3O2. The zero-order chi connectivity index (χ0) is 22.2. The van der Waals surface area contributed by atoms with Crippen LogP contribution in [0.3, 0.4) is 0 Å². The van der Waals surface area contributed by atoms with Crippen LogP contribution in [0.25, 0.3) is 10.9 Å². The van der Waals surface area contributed by atoms with E-state index >= 15 is 0 Å². The second-order valence-electron chi connectivity index (χ2n) is 8.63. The molecule has 0 amide bonds. The third kappa shape index (κ3) is 3.86. The molecule has 5 nitrogen and oxygen atoms in total. The van der Waals surface area contributed by atoms with E-state index in [2.05, 4.69) is 4.98 Å². The van der Waals surface area contributed by atoms with Gasteiger partial charge in [-0.1, -0.05) is 0 Å². The van der Waals surface area contributed by atoms with E-state index in [-0.39, 0.29) is 12.1 Å². The maximum atomic E-state index is 14.9. The van der Waals surface area contributed by atoms with Crippen molar-refractivity contribution in [2.24, 2.45) is 5.73 Å². The molecule has 0 aliphatic carbocycles. The molecule has 2 N–H and O–H groups in total. The number of hydrogen-bond donors (Lipinski definition) is 1. The summed E-state index contributed by atoms with van der Waals surface area (Å²) in [6.45, 7) is 3.33. The van der Waals surface area contributed by atoms with E-state index in [0.717, 1.165) is 41.9 Å². The van der Waals surface area contributed by atoms with Crippen LogP contribution in [-0.2, 0) is 6.42 Å². The molecule has 3 aromatic rings. The van der Waals surface area contributed by atoms with E-state index in [9.17, 15) is 8.78 Å². The molecule has 0 saturated heterocycles. The van der Waals surface area contributed by atoms with E-state index in [0.29, 0.717) is 48.9 Å². The van der Waals surface area contributed by atoms with Crippen molar-refractivity contribution >= 4 is 16.6 Å². The molecule has 2 aliphatic rings. The second-order valence-corrected chi connectivity index (χ2v) is 8.63. The first-order valence-corrected chi connectivity index (χ1v) is 11.2. The zero-order valence-corrected chi connectivity index (χ0v) is 18.1. The van der Waals surface area contributed by atoms with Gasteiger partial charge in [0.1, 0.15) is 18.2 Å². The van der Waals surface area contributed by atoms with Crippen molar-refractivity contribution < 1.29 is 18.3 Å². The summed E-state index contributed by atoms with van der Waals surface area (Å²) in [4.78, 5) is 6.61. The number of aryl methyl sites for hydroxylation is 2. The number of hydrogen-bond acceptors (Lipinski definition) is 5. The van der Waals surface area contributed by atoms with Gasteiger partial charge in [-0.3, -0.25) is 4.98 Å². The van der Waals surface area contributed by atoms with Crippen LogP contribution in [0.4, 0.5) is 14.5 Å². The number of pyridine rings is 1. The highest BCUT2D eigenvalue weighted by atomic mass is 19.1.